The zero-order chi connectivity index (χ0) is 18.3. The van der Waals surface area contributed by atoms with E-state index in [4.69, 9.17) is 0 Å². The Bertz CT molecular complexity index is 921. The number of nitrogens with one attached hydrogen (secondary N) is 1. The number of rotatable bonds is 2. The summed E-state index contributed by atoms with van der Waals surface area (Å²) in [6, 6.07) is 2.06. The van der Waals surface area contributed by atoms with Crippen molar-refractivity contribution in [2.75, 3.05) is 5.32 Å². The van der Waals surface area contributed by atoms with Crippen molar-refractivity contribution in [3.05, 3.63) is 23.8 Å². The Morgan fingerprint density at radius 2 is 1.85 bits per heavy atom. The van der Waals surface area contributed by atoms with Crippen LogP contribution in [-0.4, -0.2) is 10.9 Å². The molecule has 6 heteroatoms. The highest BCUT2D eigenvalue weighted by molar-refractivity contribution is 7.22. The van der Waals surface area contributed by atoms with Crippen LogP contribution in [0.4, 0.5) is 13.9 Å². The lowest BCUT2D eigenvalue weighted by atomic mass is 9.40. The predicted molar refractivity (Wildman–Crippen MR) is 98.0 cm³/mol. The Kier molecular flexibility index (Phi) is 3.21. The second-order valence-corrected chi connectivity index (χ2v) is 10.6. The number of hydrogen-bond donors (Lipinski definition) is 1. The summed E-state index contributed by atoms with van der Waals surface area (Å²) in [5.74, 6) is -0.652. The van der Waals surface area contributed by atoms with Crippen molar-refractivity contribution in [3.63, 3.8) is 0 Å². The van der Waals surface area contributed by atoms with Gasteiger partial charge in [0.2, 0.25) is 5.91 Å². The largest absolute Gasteiger partial charge is 0.301 e. The van der Waals surface area contributed by atoms with Gasteiger partial charge in [0.25, 0.3) is 0 Å². The molecule has 1 aromatic heterocycles. The number of thiazole rings is 1. The van der Waals surface area contributed by atoms with Crippen LogP contribution in [0.1, 0.15) is 52.4 Å². The first-order chi connectivity index (χ1) is 12.2. The summed E-state index contributed by atoms with van der Waals surface area (Å²) in [4.78, 5) is 17.5. The number of hydrogen-bond acceptors (Lipinski definition) is 3. The fourth-order valence-corrected chi connectivity index (χ4v) is 7.79. The number of fused-ring (bicyclic) bond motifs is 1. The number of halogens is 2. The molecule has 6 rings (SSSR count). The molecule has 4 saturated carbocycles. The minimum atomic E-state index is -0.653. The Morgan fingerprint density at radius 1 is 1.15 bits per heavy atom. The summed E-state index contributed by atoms with van der Waals surface area (Å²) in [5.41, 5.74) is 0.403. The zero-order valence-electron chi connectivity index (χ0n) is 15.0. The van der Waals surface area contributed by atoms with Crippen LogP contribution in [0.15, 0.2) is 12.1 Å². The number of aromatic nitrogens is 1. The number of anilines is 1. The third-order valence-corrected chi connectivity index (χ3v) is 7.73. The van der Waals surface area contributed by atoms with Gasteiger partial charge < -0.3 is 5.32 Å². The maximum Gasteiger partial charge on any atom is 0.232 e. The smallest absolute Gasteiger partial charge is 0.232 e. The zero-order valence-corrected chi connectivity index (χ0v) is 15.8. The fourth-order valence-electron chi connectivity index (χ4n) is 6.94. The second-order valence-electron chi connectivity index (χ2n) is 9.62. The number of nitrogens with zero attached hydrogens (tertiary/aromatic N) is 1. The lowest BCUT2D eigenvalue weighted by molar-refractivity contribution is -0.165. The van der Waals surface area contributed by atoms with Crippen molar-refractivity contribution in [1.29, 1.82) is 0 Å². The van der Waals surface area contributed by atoms with Gasteiger partial charge in [-0.3, -0.25) is 4.79 Å². The number of carbonyl (C=O) groups is 1. The molecule has 2 unspecified atom stereocenters. The molecule has 1 aromatic carbocycles. The molecule has 4 fully saturated rings. The van der Waals surface area contributed by atoms with Crippen LogP contribution in [0, 0.1) is 33.8 Å². The minimum absolute atomic E-state index is 0.0130. The molecule has 0 saturated heterocycles. The van der Waals surface area contributed by atoms with E-state index in [1.165, 1.54) is 25.3 Å². The van der Waals surface area contributed by atoms with Crippen molar-refractivity contribution in [1.82, 2.24) is 4.98 Å². The number of benzene rings is 1. The number of carbonyl (C=O) groups excluding carboxylic acids is 1. The first-order valence-corrected chi connectivity index (χ1v) is 10.1. The Morgan fingerprint density at radius 3 is 2.50 bits per heavy atom. The molecule has 0 aliphatic heterocycles. The topological polar surface area (TPSA) is 42.0 Å². The molecule has 138 valence electrons. The summed E-state index contributed by atoms with van der Waals surface area (Å²) in [6.45, 7) is 4.65. The second kappa shape index (κ2) is 5.03. The van der Waals surface area contributed by atoms with Gasteiger partial charge in [0.1, 0.15) is 11.6 Å². The summed E-state index contributed by atoms with van der Waals surface area (Å²) >= 11 is 1.08. The fraction of sp³-hybridized carbons (Fsp3) is 0.600. The average Bonchev–Trinajstić information content (AvgIpc) is 2.86. The van der Waals surface area contributed by atoms with Crippen molar-refractivity contribution in [3.8, 4) is 0 Å². The van der Waals surface area contributed by atoms with Gasteiger partial charge in [-0.1, -0.05) is 25.2 Å². The molecule has 4 aliphatic rings. The molecular weight excluding hydrogens is 354 g/mol. The summed E-state index contributed by atoms with van der Waals surface area (Å²) in [6.07, 6.45) is 6.44. The van der Waals surface area contributed by atoms with Gasteiger partial charge in [-0.15, -0.1) is 0 Å². The van der Waals surface area contributed by atoms with Crippen LogP contribution in [0.25, 0.3) is 10.2 Å². The Balaban J connectivity index is 1.46. The van der Waals surface area contributed by atoms with E-state index in [2.05, 4.69) is 24.1 Å². The molecule has 1 amide bonds. The van der Waals surface area contributed by atoms with Gasteiger partial charge >= 0.3 is 0 Å². The van der Waals surface area contributed by atoms with E-state index < -0.39 is 11.6 Å². The molecule has 2 aromatic rings. The average molecular weight is 376 g/mol. The predicted octanol–water partition coefficient (Wildman–Crippen LogP) is 5.51. The molecule has 0 radical (unpaired) electrons. The van der Waals surface area contributed by atoms with E-state index in [0.717, 1.165) is 36.7 Å². The monoisotopic (exact) mass is 376 g/mol. The maximum absolute atomic E-state index is 13.9. The molecular formula is C20H22F2N2OS. The summed E-state index contributed by atoms with van der Waals surface area (Å²) < 4.78 is 27.6. The quantitative estimate of drug-likeness (QED) is 0.751. The van der Waals surface area contributed by atoms with E-state index in [-0.39, 0.29) is 32.4 Å². The third kappa shape index (κ3) is 2.41. The highest BCUT2D eigenvalue weighted by atomic mass is 32.1. The van der Waals surface area contributed by atoms with Gasteiger partial charge in [0.15, 0.2) is 5.13 Å². The van der Waals surface area contributed by atoms with Crippen LogP contribution in [0.3, 0.4) is 0 Å². The Labute approximate surface area is 155 Å². The SMILES string of the molecule is CC12CC3CC(C)(C1)CC(C(=O)Nc1nc4cc(F)cc(F)c4s1)(C3)C2. The van der Waals surface area contributed by atoms with E-state index >= 15 is 0 Å². The van der Waals surface area contributed by atoms with E-state index in [0.29, 0.717) is 11.0 Å². The summed E-state index contributed by atoms with van der Waals surface area (Å²) in [7, 11) is 0. The molecule has 4 aliphatic carbocycles. The van der Waals surface area contributed by atoms with Gasteiger partial charge in [-0.25, -0.2) is 13.8 Å². The first-order valence-electron chi connectivity index (χ1n) is 9.25. The van der Waals surface area contributed by atoms with Gasteiger partial charge in [-0.05, 0) is 55.3 Å². The summed E-state index contributed by atoms with van der Waals surface area (Å²) in [5, 5.41) is 3.31. The normalized spacial score (nSPS) is 38.1. The Hall–Kier alpha value is -1.56. The lowest BCUT2D eigenvalue weighted by Crippen LogP contribution is -2.58. The van der Waals surface area contributed by atoms with Gasteiger partial charge in [0, 0.05) is 12.1 Å². The minimum Gasteiger partial charge on any atom is -0.301 e. The van der Waals surface area contributed by atoms with Gasteiger partial charge in [-0.2, -0.15) is 0 Å². The number of amides is 1. The third-order valence-electron chi connectivity index (χ3n) is 6.74. The lowest BCUT2D eigenvalue weighted by Gasteiger charge is -2.64. The van der Waals surface area contributed by atoms with Crippen molar-refractivity contribution in [2.45, 2.75) is 52.4 Å². The maximum atomic E-state index is 13.9. The van der Waals surface area contributed by atoms with Crippen molar-refractivity contribution >= 4 is 32.6 Å². The molecule has 2 atom stereocenters. The van der Waals surface area contributed by atoms with E-state index in [1.807, 2.05) is 0 Å². The van der Waals surface area contributed by atoms with Crippen LogP contribution in [0.2, 0.25) is 0 Å². The van der Waals surface area contributed by atoms with Crippen LogP contribution < -0.4 is 5.32 Å². The highest BCUT2D eigenvalue weighted by Crippen LogP contribution is 2.69. The van der Waals surface area contributed by atoms with E-state index in [9.17, 15) is 13.6 Å². The van der Waals surface area contributed by atoms with Crippen molar-refractivity contribution < 1.29 is 13.6 Å². The highest BCUT2D eigenvalue weighted by Gasteiger charge is 2.62. The van der Waals surface area contributed by atoms with E-state index in [1.54, 1.807) is 0 Å². The molecule has 1 heterocycles. The molecule has 4 bridgehead atoms. The standard InChI is InChI=1S/C20H22F2N2OS/c1-18-5-11-6-19(2,8-18)10-20(7-11,9-18)16(25)24-17-23-14-4-12(21)3-13(22)15(14)26-17/h3-4,11H,5-10H2,1-2H3,(H,23,24,25). The first kappa shape index (κ1) is 16.6. The van der Waals surface area contributed by atoms with Crippen LogP contribution >= 0.6 is 11.3 Å². The molecule has 26 heavy (non-hydrogen) atoms. The molecule has 3 nitrogen and oxygen atoms in total. The van der Waals surface area contributed by atoms with Crippen LogP contribution in [0.5, 0.6) is 0 Å². The van der Waals surface area contributed by atoms with Crippen LogP contribution in [-0.2, 0) is 4.79 Å². The van der Waals surface area contributed by atoms with Gasteiger partial charge in [0.05, 0.1) is 15.6 Å². The van der Waals surface area contributed by atoms with Crippen molar-refractivity contribution in [2.24, 2.45) is 22.2 Å². The molecule has 0 spiro atoms. The molecule has 1 N–H and O–H groups in total.